The van der Waals surface area contributed by atoms with Crippen LogP contribution in [0.25, 0.3) is 0 Å². The SMILES string of the molecule is CC(C)C(C)CN1CC2(CCCC2)NCC1C(C)C. The van der Waals surface area contributed by atoms with Gasteiger partial charge in [0.05, 0.1) is 0 Å². The Balaban J connectivity index is 2.04. The van der Waals surface area contributed by atoms with E-state index in [2.05, 4.69) is 44.8 Å². The van der Waals surface area contributed by atoms with Crippen LogP contribution in [0, 0.1) is 17.8 Å². The first-order valence-electron chi connectivity index (χ1n) is 8.42. The van der Waals surface area contributed by atoms with E-state index in [9.17, 15) is 0 Å². The third kappa shape index (κ3) is 3.52. The van der Waals surface area contributed by atoms with Gasteiger partial charge in [0, 0.05) is 31.2 Å². The van der Waals surface area contributed by atoms with Gasteiger partial charge < -0.3 is 5.32 Å². The molecule has 1 aliphatic heterocycles. The molecule has 1 saturated carbocycles. The zero-order valence-electron chi connectivity index (χ0n) is 13.7. The molecule has 0 aromatic rings. The molecule has 2 nitrogen and oxygen atoms in total. The van der Waals surface area contributed by atoms with Gasteiger partial charge in [-0.1, -0.05) is 47.5 Å². The third-order valence-corrected chi connectivity index (χ3v) is 5.65. The summed E-state index contributed by atoms with van der Waals surface area (Å²) in [4.78, 5) is 2.82. The van der Waals surface area contributed by atoms with Crippen LogP contribution >= 0.6 is 0 Å². The molecule has 0 amide bonds. The van der Waals surface area contributed by atoms with E-state index >= 15 is 0 Å². The minimum absolute atomic E-state index is 0.460. The second-order valence-corrected chi connectivity index (χ2v) is 7.83. The van der Waals surface area contributed by atoms with Crippen molar-refractivity contribution in [2.75, 3.05) is 19.6 Å². The molecule has 0 aromatic carbocycles. The Kier molecular flexibility index (Phi) is 4.94. The van der Waals surface area contributed by atoms with Crippen molar-refractivity contribution in [3.05, 3.63) is 0 Å². The molecule has 1 saturated heterocycles. The smallest absolute Gasteiger partial charge is 0.0309 e. The van der Waals surface area contributed by atoms with Gasteiger partial charge in [0.2, 0.25) is 0 Å². The summed E-state index contributed by atoms with van der Waals surface area (Å²) in [5, 5.41) is 3.92. The highest BCUT2D eigenvalue weighted by atomic mass is 15.3. The maximum atomic E-state index is 3.92. The Morgan fingerprint density at radius 3 is 2.26 bits per heavy atom. The van der Waals surface area contributed by atoms with Gasteiger partial charge in [-0.15, -0.1) is 0 Å². The Hall–Kier alpha value is -0.0800. The lowest BCUT2D eigenvalue weighted by Gasteiger charge is -2.49. The van der Waals surface area contributed by atoms with E-state index in [1.807, 2.05) is 0 Å². The summed E-state index contributed by atoms with van der Waals surface area (Å²) in [5.74, 6) is 2.35. The Morgan fingerprint density at radius 2 is 1.74 bits per heavy atom. The molecule has 2 fully saturated rings. The summed E-state index contributed by atoms with van der Waals surface area (Å²) >= 11 is 0. The van der Waals surface area contributed by atoms with Gasteiger partial charge in [0.15, 0.2) is 0 Å². The highest BCUT2D eigenvalue weighted by molar-refractivity contribution is 5.01. The molecule has 2 rings (SSSR count). The molecule has 0 radical (unpaired) electrons. The van der Waals surface area contributed by atoms with Crippen LogP contribution in [0.1, 0.15) is 60.3 Å². The average Bonchev–Trinajstić information content (AvgIpc) is 2.77. The zero-order chi connectivity index (χ0) is 14.0. The second kappa shape index (κ2) is 6.13. The van der Waals surface area contributed by atoms with Gasteiger partial charge >= 0.3 is 0 Å². The molecule has 1 aliphatic carbocycles. The van der Waals surface area contributed by atoms with Crippen LogP contribution in [0.3, 0.4) is 0 Å². The van der Waals surface area contributed by atoms with Crippen LogP contribution in [-0.4, -0.2) is 36.1 Å². The van der Waals surface area contributed by atoms with Gasteiger partial charge in [0.25, 0.3) is 0 Å². The summed E-state index contributed by atoms with van der Waals surface area (Å²) in [7, 11) is 0. The topological polar surface area (TPSA) is 15.3 Å². The van der Waals surface area contributed by atoms with Crippen LogP contribution in [0.5, 0.6) is 0 Å². The van der Waals surface area contributed by atoms with E-state index < -0.39 is 0 Å². The zero-order valence-corrected chi connectivity index (χ0v) is 13.7. The molecular weight excluding hydrogens is 232 g/mol. The summed E-state index contributed by atoms with van der Waals surface area (Å²) in [6, 6.07) is 0.729. The molecule has 1 N–H and O–H groups in total. The Morgan fingerprint density at radius 1 is 1.11 bits per heavy atom. The van der Waals surface area contributed by atoms with Crippen LogP contribution in [0.4, 0.5) is 0 Å². The van der Waals surface area contributed by atoms with Gasteiger partial charge in [-0.25, -0.2) is 0 Å². The summed E-state index contributed by atoms with van der Waals surface area (Å²) in [6.07, 6.45) is 5.63. The van der Waals surface area contributed by atoms with E-state index in [1.165, 1.54) is 45.3 Å². The minimum Gasteiger partial charge on any atom is -0.308 e. The molecule has 0 bridgehead atoms. The summed E-state index contributed by atoms with van der Waals surface area (Å²) in [6.45, 7) is 15.7. The lowest BCUT2D eigenvalue weighted by Crippen LogP contribution is -2.64. The minimum atomic E-state index is 0.460. The largest absolute Gasteiger partial charge is 0.308 e. The van der Waals surface area contributed by atoms with E-state index in [0.717, 1.165) is 23.8 Å². The molecule has 1 heterocycles. The van der Waals surface area contributed by atoms with Crippen molar-refractivity contribution in [3.8, 4) is 0 Å². The van der Waals surface area contributed by atoms with E-state index in [-0.39, 0.29) is 0 Å². The fourth-order valence-corrected chi connectivity index (χ4v) is 3.84. The van der Waals surface area contributed by atoms with Crippen molar-refractivity contribution in [1.29, 1.82) is 0 Å². The number of piperazine rings is 1. The van der Waals surface area contributed by atoms with Crippen LogP contribution in [0.2, 0.25) is 0 Å². The molecule has 112 valence electrons. The number of nitrogens with zero attached hydrogens (tertiary/aromatic N) is 1. The predicted octanol–water partition coefficient (Wildman–Crippen LogP) is 3.52. The summed E-state index contributed by atoms with van der Waals surface area (Å²) in [5.41, 5.74) is 0.460. The second-order valence-electron chi connectivity index (χ2n) is 7.83. The average molecular weight is 266 g/mol. The Bertz CT molecular complexity index is 279. The highest BCUT2D eigenvalue weighted by Crippen LogP contribution is 2.34. The lowest BCUT2D eigenvalue weighted by molar-refractivity contribution is 0.0406. The molecule has 2 atom stereocenters. The first-order chi connectivity index (χ1) is 8.93. The van der Waals surface area contributed by atoms with Crippen LogP contribution in [-0.2, 0) is 0 Å². The lowest BCUT2D eigenvalue weighted by atomic mass is 9.87. The quantitative estimate of drug-likeness (QED) is 0.837. The van der Waals surface area contributed by atoms with Crippen molar-refractivity contribution < 1.29 is 0 Å². The number of nitrogens with one attached hydrogen (secondary N) is 1. The molecule has 0 aromatic heterocycles. The van der Waals surface area contributed by atoms with Gasteiger partial charge in [-0.3, -0.25) is 4.90 Å². The number of hydrogen-bond donors (Lipinski definition) is 1. The fourth-order valence-electron chi connectivity index (χ4n) is 3.84. The molecule has 2 unspecified atom stereocenters. The van der Waals surface area contributed by atoms with E-state index in [1.54, 1.807) is 0 Å². The maximum absolute atomic E-state index is 3.92. The summed E-state index contributed by atoms with van der Waals surface area (Å²) < 4.78 is 0. The van der Waals surface area contributed by atoms with Gasteiger partial charge in [0.1, 0.15) is 0 Å². The number of hydrogen-bond acceptors (Lipinski definition) is 2. The normalized spacial score (nSPS) is 29.5. The molecule has 2 heteroatoms. The molecular formula is C17H34N2. The van der Waals surface area contributed by atoms with Crippen LogP contribution < -0.4 is 5.32 Å². The predicted molar refractivity (Wildman–Crippen MR) is 83.4 cm³/mol. The maximum Gasteiger partial charge on any atom is 0.0309 e. The van der Waals surface area contributed by atoms with Crippen molar-refractivity contribution in [3.63, 3.8) is 0 Å². The standard InChI is InChI=1S/C17H34N2/c1-13(2)15(5)11-19-12-17(8-6-7-9-17)18-10-16(19)14(3)4/h13-16,18H,6-12H2,1-5H3. The van der Waals surface area contributed by atoms with Crippen molar-refractivity contribution >= 4 is 0 Å². The first kappa shape index (κ1) is 15.3. The van der Waals surface area contributed by atoms with Crippen molar-refractivity contribution in [2.45, 2.75) is 71.9 Å². The number of rotatable bonds is 4. The Labute approximate surface area is 120 Å². The highest BCUT2D eigenvalue weighted by Gasteiger charge is 2.41. The van der Waals surface area contributed by atoms with E-state index in [0.29, 0.717) is 5.54 Å². The third-order valence-electron chi connectivity index (χ3n) is 5.65. The molecule has 19 heavy (non-hydrogen) atoms. The van der Waals surface area contributed by atoms with Crippen LogP contribution in [0.15, 0.2) is 0 Å². The molecule has 2 aliphatic rings. The monoisotopic (exact) mass is 266 g/mol. The van der Waals surface area contributed by atoms with Crippen molar-refractivity contribution in [1.82, 2.24) is 10.2 Å². The van der Waals surface area contributed by atoms with Gasteiger partial charge in [-0.2, -0.15) is 0 Å². The fraction of sp³-hybridized carbons (Fsp3) is 1.00. The molecule has 1 spiro atoms. The first-order valence-corrected chi connectivity index (χ1v) is 8.42. The van der Waals surface area contributed by atoms with E-state index in [4.69, 9.17) is 0 Å². The van der Waals surface area contributed by atoms with Gasteiger partial charge in [-0.05, 0) is 30.6 Å². The van der Waals surface area contributed by atoms with Crippen molar-refractivity contribution in [2.24, 2.45) is 17.8 Å².